The summed E-state index contributed by atoms with van der Waals surface area (Å²) in [5.74, 6) is -1.40. The lowest BCUT2D eigenvalue weighted by molar-refractivity contribution is -0.137. The van der Waals surface area contributed by atoms with Gasteiger partial charge in [0.25, 0.3) is 0 Å². The fourth-order valence-corrected chi connectivity index (χ4v) is 4.85. The highest BCUT2D eigenvalue weighted by Gasteiger charge is 2.36. The Morgan fingerprint density at radius 1 is 1.07 bits per heavy atom. The number of hydrogen-bond donors (Lipinski definition) is 4. The third-order valence-corrected chi connectivity index (χ3v) is 7.07. The van der Waals surface area contributed by atoms with Crippen molar-refractivity contribution in [3.63, 3.8) is 0 Å². The van der Waals surface area contributed by atoms with Gasteiger partial charge in [0.2, 0.25) is 16.0 Å². The number of nitrogens with zero attached hydrogens (tertiary/aromatic N) is 4. The number of sulfonamides is 1. The summed E-state index contributed by atoms with van der Waals surface area (Å²) in [6.45, 7) is 8.50. The van der Waals surface area contributed by atoms with Gasteiger partial charge in [-0.25, -0.2) is 32.3 Å². The fraction of sp³-hybridized carbons (Fsp3) is 0.481. The summed E-state index contributed by atoms with van der Waals surface area (Å²) in [6.07, 6.45) is -1.59. The number of nitrogens with one attached hydrogen (secondary N) is 3. The maximum atomic E-state index is 14.9. The molecular weight excluding hydrogens is 610 g/mol. The molecule has 0 aliphatic heterocycles. The third kappa shape index (κ3) is 10.4. The predicted molar refractivity (Wildman–Crippen MR) is 153 cm³/mol. The van der Waals surface area contributed by atoms with Crippen LogP contribution in [-0.4, -0.2) is 63.7 Å². The van der Waals surface area contributed by atoms with Gasteiger partial charge in [-0.05, 0) is 65.7 Å². The van der Waals surface area contributed by atoms with Gasteiger partial charge in [0.05, 0.1) is 34.6 Å². The lowest BCUT2D eigenvalue weighted by Crippen LogP contribution is -2.33. The molecule has 0 radical (unpaired) electrons. The van der Waals surface area contributed by atoms with E-state index in [1.54, 1.807) is 20.8 Å². The molecule has 0 atom stereocenters. The summed E-state index contributed by atoms with van der Waals surface area (Å²) in [5.41, 5.74) is -3.79. The van der Waals surface area contributed by atoms with Crippen LogP contribution in [0.3, 0.4) is 0 Å². The van der Waals surface area contributed by atoms with Crippen molar-refractivity contribution in [1.29, 1.82) is 0 Å². The highest BCUT2D eigenvalue weighted by atomic mass is 32.2. The second-order valence-electron chi connectivity index (χ2n) is 11.5. The molecule has 0 bridgehead atoms. The molecular formula is C27H35F4N7O5S. The van der Waals surface area contributed by atoms with E-state index in [-0.39, 0.29) is 41.7 Å². The van der Waals surface area contributed by atoms with E-state index in [0.29, 0.717) is 19.0 Å². The standard InChI is InChI=1S/C27H35F4N7O5S/c1-25(2,3)43-24(39)32-10-6-7-11-35-44(41,42)18-8-9-21(20(28)12-18)36-23-33-14-19(27(29,30)31)22(37-23)17-13-34-38(15-17)16-26(4,5)40/h8-9,12-15,35,40H,6-7,10-11,16H2,1-5H3,(H,32,39)(H,33,36,37). The maximum absolute atomic E-state index is 14.9. The molecule has 0 fully saturated rings. The highest BCUT2D eigenvalue weighted by molar-refractivity contribution is 7.89. The minimum Gasteiger partial charge on any atom is -0.444 e. The summed E-state index contributed by atoms with van der Waals surface area (Å²) in [5, 5.41) is 19.0. The molecule has 1 aromatic carbocycles. The molecule has 0 aliphatic carbocycles. The van der Waals surface area contributed by atoms with Crippen LogP contribution in [-0.2, 0) is 27.5 Å². The van der Waals surface area contributed by atoms with Gasteiger partial charge in [-0.15, -0.1) is 0 Å². The highest BCUT2D eigenvalue weighted by Crippen LogP contribution is 2.36. The van der Waals surface area contributed by atoms with E-state index in [1.165, 1.54) is 24.7 Å². The molecule has 1 amide bonds. The second-order valence-corrected chi connectivity index (χ2v) is 13.3. The molecule has 12 nitrogen and oxygen atoms in total. The number of ether oxygens (including phenoxy) is 1. The molecule has 0 unspecified atom stereocenters. The largest absolute Gasteiger partial charge is 0.444 e. The number of aliphatic hydroxyl groups is 1. The molecule has 0 spiro atoms. The molecule has 2 heterocycles. The van der Waals surface area contributed by atoms with Crippen molar-refractivity contribution in [3.05, 3.63) is 48.2 Å². The zero-order valence-corrected chi connectivity index (χ0v) is 25.6. The van der Waals surface area contributed by atoms with Gasteiger partial charge in [-0.3, -0.25) is 4.68 Å². The average molecular weight is 646 g/mol. The fourth-order valence-electron chi connectivity index (χ4n) is 3.77. The number of alkyl halides is 3. The predicted octanol–water partition coefficient (Wildman–Crippen LogP) is 4.60. The summed E-state index contributed by atoms with van der Waals surface area (Å²) in [7, 11) is -4.09. The first-order valence-corrected chi connectivity index (χ1v) is 14.9. The molecule has 2 aromatic heterocycles. The van der Waals surface area contributed by atoms with Crippen LogP contribution in [0, 0.1) is 5.82 Å². The third-order valence-electron chi connectivity index (χ3n) is 5.61. The van der Waals surface area contributed by atoms with Crippen LogP contribution in [0.2, 0.25) is 0 Å². The smallest absolute Gasteiger partial charge is 0.419 e. The van der Waals surface area contributed by atoms with E-state index >= 15 is 0 Å². The van der Waals surface area contributed by atoms with Crippen molar-refractivity contribution in [2.75, 3.05) is 18.4 Å². The number of rotatable bonds is 12. The number of hydrogen-bond acceptors (Lipinski definition) is 9. The lowest BCUT2D eigenvalue weighted by atomic mass is 10.1. The Kier molecular flexibility index (Phi) is 10.6. The molecule has 242 valence electrons. The Balaban J connectivity index is 1.68. The number of alkyl carbamates (subject to hydrolysis) is 1. The van der Waals surface area contributed by atoms with Crippen LogP contribution in [0.4, 0.5) is 34.0 Å². The second kappa shape index (κ2) is 13.4. The molecule has 0 saturated carbocycles. The SMILES string of the molecule is CC(C)(O)Cn1cc(-c2nc(Nc3ccc(S(=O)(=O)NCCCCNC(=O)OC(C)(C)C)cc3F)ncc2C(F)(F)F)cn1. The number of anilines is 2. The monoisotopic (exact) mass is 645 g/mol. The van der Waals surface area contributed by atoms with Crippen LogP contribution >= 0.6 is 0 Å². The average Bonchev–Trinajstić information content (AvgIpc) is 3.32. The van der Waals surface area contributed by atoms with Crippen molar-refractivity contribution in [2.24, 2.45) is 0 Å². The lowest BCUT2D eigenvalue weighted by Gasteiger charge is -2.19. The molecule has 4 N–H and O–H groups in total. The Morgan fingerprint density at radius 3 is 2.36 bits per heavy atom. The van der Waals surface area contributed by atoms with E-state index in [0.717, 1.165) is 24.4 Å². The minimum absolute atomic E-state index is 0.00513. The molecule has 0 aliphatic rings. The maximum Gasteiger partial charge on any atom is 0.419 e. The molecule has 3 aromatic rings. The van der Waals surface area contributed by atoms with Crippen molar-refractivity contribution in [3.8, 4) is 11.3 Å². The summed E-state index contributed by atoms with van der Waals surface area (Å²) in [6, 6.07) is 2.96. The van der Waals surface area contributed by atoms with Crippen LogP contribution in [0.5, 0.6) is 0 Å². The van der Waals surface area contributed by atoms with Crippen molar-refractivity contribution < 1.29 is 40.6 Å². The Bertz CT molecular complexity index is 1570. The van der Waals surface area contributed by atoms with E-state index in [4.69, 9.17) is 4.74 Å². The van der Waals surface area contributed by atoms with E-state index < -0.39 is 50.6 Å². The van der Waals surface area contributed by atoms with Crippen LogP contribution in [0.15, 0.2) is 41.7 Å². The number of amides is 1. The van der Waals surface area contributed by atoms with Gasteiger partial charge in [0.15, 0.2) is 0 Å². The van der Waals surface area contributed by atoms with Gasteiger partial charge in [-0.1, -0.05) is 0 Å². The summed E-state index contributed by atoms with van der Waals surface area (Å²) < 4.78 is 90.0. The summed E-state index contributed by atoms with van der Waals surface area (Å²) in [4.78, 5) is 18.9. The Labute approximate surface area is 252 Å². The van der Waals surface area contributed by atoms with Crippen molar-refractivity contribution in [1.82, 2.24) is 29.8 Å². The first kappa shape index (κ1) is 34.7. The van der Waals surface area contributed by atoms with Crippen molar-refractivity contribution >= 4 is 27.8 Å². The van der Waals surface area contributed by atoms with E-state index in [1.807, 2.05) is 0 Å². The number of unbranched alkanes of at least 4 members (excludes halogenated alkanes) is 1. The minimum atomic E-state index is -4.81. The zero-order chi connectivity index (χ0) is 32.9. The van der Waals surface area contributed by atoms with Gasteiger partial charge >= 0.3 is 12.3 Å². The summed E-state index contributed by atoms with van der Waals surface area (Å²) >= 11 is 0. The Hall–Kier alpha value is -3.83. The molecule has 17 heteroatoms. The normalized spacial score (nSPS) is 12.7. The number of carbonyl (C=O) groups is 1. The van der Waals surface area contributed by atoms with Gasteiger partial charge in [0, 0.05) is 31.0 Å². The van der Waals surface area contributed by atoms with Crippen LogP contribution < -0.4 is 15.4 Å². The van der Waals surface area contributed by atoms with Gasteiger partial charge in [0.1, 0.15) is 17.0 Å². The first-order valence-electron chi connectivity index (χ1n) is 13.5. The topological polar surface area (TPSA) is 160 Å². The van der Waals surface area contributed by atoms with Crippen LogP contribution in [0.25, 0.3) is 11.3 Å². The van der Waals surface area contributed by atoms with E-state index in [2.05, 4.69) is 30.4 Å². The number of aromatic nitrogens is 4. The Morgan fingerprint density at radius 2 is 1.75 bits per heavy atom. The van der Waals surface area contributed by atoms with Gasteiger partial charge < -0.3 is 20.5 Å². The number of benzene rings is 1. The first-order chi connectivity index (χ1) is 20.2. The zero-order valence-electron chi connectivity index (χ0n) is 24.8. The van der Waals surface area contributed by atoms with Gasteiger partial charge in [-0.2, -0.15) is 18.3 Å². The number of carbonyl (C=O) groups excluding carboxylic acids is 1. The molecule has 0 saturated heterocycles. The molecule has 44 heavy (non-hydrogen) atoms. The quantitative estimate of drug-likeness (QED) is 0.163. The van der Waals surface area contributed by atoms with E-state index in [9.17, 15) is 35.9 Å². The number of halogens is 4. The van der Waals surface area contributed by atoms with Crippen LogP contribution in [0.1, 0.15) is 53.0 Å². The van der Waals surface area contributed by atoms with Crippen molar-refractivity contribution in [2.45, 2.75) is 76.3 Å². The molecule has 3 rings (SSSR count).